The molecular weight excluding hydrogens is 258 g/mol. The Bertz CT molecular complexity index is 759. The maximum Gasteiger partial charge on any atom is 0.328 e. The zero-order valence-corrected chi connectivity index (χ0v) is 11.3. The van der Waals surface area contributed by atoms with E-state index in [9.17, 15) is 14.4 Å². The van der Waals surface area contributed by atoms with E-state index in [0.29, 0.717) is 5.69 Å². The molecule has 0 saturated heterocycles. The lowest BCUT2D eigenvalue weighted by molar-refractivity contribution is -0.116. The molecule has 104 valence electrons. The van der Waals surface area contributed by atoms with E-state index >= 15 is 0 Å². The fourth-order valence-corrected chi connectivity index (χ4v) is 1.80. The third-order valence-corrected chi connectivity index (χ3v) is 3.09. The Morgan fingerprint density at radius 1 is 1.25 bits per heavy atom. The highest BCUT2D eigenvalue weighted by atomic mass is 16.2. The minimum Gasteiger partial charge on any atom is -0.324 e. The van der Waals surface area contributed by atoms with E-state index in [-0.39, 0.29) is 12.5 Å². The average Bonchev–Trinajstić information content (AvgIpc) is 2.38. The summed E-state index contributed by atoms with van der Waals surface area (Å²) in [6.45, 7) is 3.72. The van der Waals surface area contributed by atoms with Crippen LogP contribution >= 0.6 is 0 Å². The summed E-state index contributed by atoms with van der Waals surface area (Å²) in [6.07, 6.45) is 1.30. The number of anilines is 1. The van der Waals surface area contributed by atoms with Crippen LogP contribution < -0.4 is 16.6 Å². The van der Waals surface area contributed by atoms with E-state index in [2.05, 4.69) is 10.3 Å². The molecule has 0 radical (unpaired) electrons. The molecule has 6 heteroatoms. The minimum atomic E-state index is -0.603. The molecule has 1 aromatic carbocycles. The standard InChI is InChI=1S/C14H15N3O3/c1-9-4-3-5-11(10(9)2)15-13(19)8-17-7-6-12(18)16-14(17)20/h3-7H,8H2,1-2H3,(H,15,19)(H,16,18,20). The Kier molecular flexibility index (Phi) is 3.84. The first-order valence-electron chi connectivity index (χ1n) is 6.13. The second-order valence-corrected chi connectivity index (χ2v) is 4.53. The van der Waals surface area contributed by atoms with Gasteiger partial charge in [-0.25, -0.2) is 4.79 Å². The molecule has 2 rings (SSSR count). The molecule has 0 spiro atoms. The van der Waals surface area contributed by atoms with Gasteiger partial charge in [-0.3, -0.25) is 19.1 Å². The fourth-order valence-electron chi connectivity index (χ4n) is 1.80. The molecule has 0 aliphatic carbocycles. The van der Waals surface area contributed by atoms with Crippen LogP contribution in [0.15, 0.2) is 40.1 Å². The topological polar surface area (TPSA) is 84.0 Å². The lowest BCUT2D eigenvalue weighted by Crippen LogP contribution is -2.32. The van der Waals surface area contributed by atoms with E-state index < -0.39 is 11.2 Å². The van der Waals surface area contributed by atoms with E-state index in [1.54, 1.807) is 6.07 Å². The maximum absolute atomic E-state index is 11.9. The van der Waals surface area contributed by atoms with Gasteiger partial charge >= 0.3 is 5.69 Å². The molecule has 0 fully saturated rings. The van der Waals surface area contributed by atoms with Crippen molar-refractivity contribution in [1.29, 1.82) is 0 Å². The highest BCUT2D eigenvalue weighted by molar-refractivity contribution is 5.91. The Balaban J connectivity index is 2.15. The van der Waals surface area contributed by atoms with Crippen LogP contribution in [-0.2, 0) is 11.3 Å². The van der Waals surface area contributed by atoms with Crippen LogP contribution in [0, 0.1) is 13.8 Å². The Hall–Kier alpha value is -2.63. The summed E-state index contributed by atoms with van der Waals surface area (Å²) in [4.78, 5) is 36.4. The lowest BCUT2D eigenvalue weighted by atomic mass is 10.1. The number of nitrogens with zero attached hydrogens (tertiary/aromatic N) is 1. The quantitative estimate of drug-likeness (QED) is 0.867. The van der Waals surface area contributed by atoms with Crippen molar-refractivity contribution in [3.8, 4) is 0 Å². The number of amides is 1. The van der Waals surface area contributed by atoms with Gasteiger partial charge in [0.25, 0.3) is 5.56 Å². The first-order chi connectivity index (χ1) is 9.47. The summed E-state index contributed by atoms with van der Waals surface area (Å²) in [5, 5.41) is 2.75. The van der Waals surface area contributed by atoms with Crippen molar-refractivity contribution in [3.05, 3.63) is 62.4 Å². The highest BCUT2D eigenvalue weighted by Gasteiger charge is 2.07. The van der Waals surface area contributed by atoms with Crippen LogP contribution in [-0.4, -0.2) is 15.5 Å². The molecule has 0 saturated carbocycles. The maximum atomic E-state index is 11.9. The molecule has 2 N–H and O–H groups in total. The molecule has 1 amide bonds. The number of aromatic amines is 1. The van der Waals surface area contributed by atoms with Gasteiger partial charge in [-0.15, -0.1) is 0 Å². The molecule has 0 unspecified atom stereocenters. The van der Waals surface area contributed by atoms with Crippen LogP contribution in [0.25, 0.3) is 0 Å². The average molecular weight is 273 g/mol. The van der Waals surface area contributed by atoms with Gasteiger partial charge in [-0.2, -0.15) is 0 Å². The van der Waals surface area contributed by atoms with Crippen molar-refractivity contribution in [2.75, 3.05) is 5.32 Å². The zero-order valence-electron chi connectivity index (χ0n) is 11.3. The van der Waals surface area contributed by atoms with Crippen LogP contribution in [0.1, 0.15) is 11.1 Å². The van der Waals surface area contributed by atoms with Gasteiger partial charge in [0, 0.05) is 18.0 Å². The third-order valence-electron chi connectivity index (χ3n) is 3.09. The number of carbonyl (C=O) groups excluding carboxylic acids is 1. The first kappa shape index (κ1) is 13.8. The van der Waals surface area contributed by atoms with Gasteiger partial charge in [-0.05, 0) is 31.0 Å². The Labute approximate surface area is 115 Å². The predicted octanol–water partition coefficient (Wildman–Crippen LogP) is 0.792. The van der Waals surface area contributed by atoms with Crippen molar-refractivity contribution in [3.63, 3.8) is 0 Å². The first-order valence-corrected chi connectivity index (χ1v) is 6.13. The summed E-state index contributed by atoms with van der Waals surface area (Å²) in [7, 11) is 0. The van der Waals surface area contributed by atoms with Gasteiger partial charge in [0.05, 0.1) is 0 Å². The van der Waals surface area contributed by atoms with Crippen molar-refractivity contribution in [2.24, 2.45) is 0 Å². The summed E-state index contributed by atoms with van der Waals surface area (Å²) in [5.74, 6) is -0.326. The molecule has 0 aliphatic rings. The van der Waals surface area contributed by atoms with Gasteiger partial charge in [0.15, 0.2) is 0 Å². The van der Waals surface area contributed by atoms with E-state index in [1.807, 2.05) is 26.0 Å². The van der Waals surface area contributed by atoms with Gasteiger partial charge in [0.1, 0.15) is 6.54 Å². The number of aromatic nitrogens is 2. The van der Waals surface area contributed by atoms with Gasteiger partial charge < -0.3 is 5.32 Å². The molecule has 6 nitrogen and oxygen atoms in total. The summed E-state index contributed by atoms with van der Waals surface area (Å²) in [5.41, 5.74) is 1.68. The highest BCUT2D eigenvalue weighted by Crippen LogP contribution is 2.17. The van der Waals surface area contributed by atoms with Crippen LogP contribution in [0.4, 0.5) is 5.69 Å². The normalized spacial score (nSPS) is 10.3. The fraction of sp³-hybridized carbons (Fsp3) is 0.214. The molecule has 1 aromatic heterocycles. The van der Waals surface area contributed by atoms with Gasteiger partial charge in [0.2, 0.25) is 5.91 Å². The van der Waals surface area contributed by atoms with E-state index in [1.165, 1.54) is 12.3 Å². The number of hydrogen-bond acceptors (Lipinski definition) is 3. The number of carbonyl (C=O) groups is 1. The lowest BCUT2D eigenvalue weighted by Gasteiger charge is -2.10. The van der Waals surface area contributed by atoms with Gasteiger partial charge in [-0.1, -0.05) is 12.1 Å². The molecular formula is C14H15N3O3. The predicted molar refractivity (Wildman–Crippen MR) is 75.9 cm³/mol. The van der Waals surface area contributed by atoms with Crippen molar-refractivity contribution >= 4 is 11.6 Å². The minimum absolute atomic E-state index is 0.150. The number of rotatable bonds is 3. The molecule has 0 bridgehead atoms. The second-order valence-electron chi connectivity index (χ2n) is 4.53. The van der Waals surface area contributed by atoms with Crippen LogP contribution in [0.5, 0.6) is 0 Å². The summed E-state index contributed by atoms with van der Waals surface area (Å²) in [6, 6.07) is 6.81. The summed E-state index contributed by atoms with van der Waals surface area (Å²) >= 11 is 0. The van der Waals surface area contributed by atoms with E-state index in [0.717, 1.165) is 15.7 Å². The molecule has 2 aromatic rings. The van der Waals surface area contributed by atoms with Crippen LogP contribution in [0.3, 0.4) is 0 Å². The molecule has 20 heavy (non-hydrogen) atoms. The smallest absolute Gasteiger partial charge is 0.324 e. The van der Waals surface area contributed by atoms with Crippen molar-refractivity contribution < 1.29 is 4.79 Å². The van der Waals surface area contributed by atoms with E-state index in [4.69, 9.17) is 0 Å². The van der Waals surface area contributed by atoms with Crippen molar-refractivity contribution in [1.82, 2.24) is 9.55 Å². The third kappa shape index (κ3) is 3.03. The molecule has 0 atom stereocenters. The molecule has 1 heterocycles. The number of aryl methyl sites for hydroxylation is 1. The van der Waals surface area contributed by atoms with Crippen molar-refractivity contribution in [2.45, 2.75) is 20.4 Å². The number of benzene rings is 1. The number of H-pyrrole nitrogens is 1. The molecule has 0 aliphatic heterocycles. The Morgan fingerprint density at radius 2 is 2.00 bits per heavy atom. The number of hydrogen-bond donors (Lipinski definition) is 2. The summed E-state index contributed by atoms with van der Waals surface area (Å²) < 4.78 is 1.14. The largest absolute Gasteiger partial charge is 0.328 e. The SMILES string of the molecule is Cc1cccc(NC(=O)Cn2ccc(=O)[nH]c2=O)c1C. The number of nitrogens with one attached hydrogen (secondary N) is 2. The monoisotopic (exact) mass is 273 g/mol. The second kappa shape index (κ2) is 5.56. The zero-order chi connectivity index (χ0) is 14.7. The van der Waals surface area contributed by atoms with Crippen LogP contribution in [0.2, 0.25) is 0 Å². The Morgan fingerprint density at radius 3 is 2.70 bits per heavy atom.